The van der Waals surface area contributed by atoms with Crippen molar-refractivity contribution in [1.29, 1.82) is 0 Å². The van der Waals surface area contributed by atoms with E-state index in [1.165, 1.54) is 21.9 Å². The Hall–Kier alpha value is -0.766. The fourth-order valence-corrected chi connectivity index (χ4v) is 3.59. The van der Waals surface area contributed by atoms with Crippen molar-refractivity contribution in [2.24, 2.45) is 0 Å². The normalized spacial score (nSPS) is 10.0. The zero-order valence-electron chi connectivity index (χ0n) is 14.2. The molecule has 0 fully saturated rings. The SMILES string of the molecule is Cc1ccnc2c([Se])cccc12.Cc1ccnc2c([Se])cccc12.[Hg]. The number of benzene rings is 2. The first-order valence-electron chi connectivity index (χ1n) is 7.60. The zero-order valence-corrected chi connectivity index (χ0v) is 23.1. The van der Waals surface area contributed by atoms with Crippen molar-refractivity contribution in [3.05, 3.63) is 72.1 Å². The van der Waals surface area contributed by atoms with Crippen molar-refractivity contribution >= 4 is 62.8 Å². The minimum absolute atomic E-state index is 0. The molecule has 0 N–H and O–H groups in total. The number of rotatable bonds is 0. The van der Waals surface area contributed by atoms with Gasteiger partial charge in [0.05, 0.1) is 0 Å². The van der Waals surface area contributed by atoms with E-state index in [4.69, 9.17) is 0 Å². The van der Waals surface area contributed by atoms with Gasteiger partial charge in [0.15, 0.2) is 0 Å². The van der Waals surface area contributed by atoms with Gasteiger partial charge in [-0.05, 0) is 0 Å². The predicted molar refractivity (Wildman–Crippen MR) is 104 cm³/mol. The van der Waals surface area contributed by atoms with Crippen LogP contribution in [0.2, 0.25) is 0 Å². The summed E-state index contributed by atoms with van der Waals surface area (Å²) in [5.74, 6) is 0. The Morgan fingerprint density at radius 3 is 1.40 bits per heavy atom. The van der Waals surface area contributed by atoms with E-state index in [-0.39, 0.29) is 27.7 Å². The molecule has 120 valence electrons. The average Bonchev–Trinajstić information content (AvgIpc) is 2.58. The summed E-state index contributed by atoms with van der Waals surface area (Å²) >= 11 is 6.02. The molecule has 0 atom stereocenters. The van der Waals surface area contributed by atoms with Crippen molar-refractivity contribution in [3.63, 3.8) is 0 Å². The molecular weight excluding hydrogens is 627 g/mol. The molecule has 0 unspecified atom stereocenters. The van der Waals surface area contributed by atoms with Crippen LogP contribution in [0.25, 0.3) is 21.8 Å². The number of fused-ring (bicyclic) bond motifs is 2. The van der Waals surface area contributed by atoms with Crippen molar-refractivity contribution in [2.45, 2.75) is 13.8 Å². The number of aromatic nitrogens is 2. The Morgan fingerprint density at radius 1 is 0.640 bits per heavy atom. The molecule has 0 saturated heterocycles. The maximum Gasteiger partial charge on any atom is 0 e. The van der Waals surface area contributed by atoms with E-state index in [1.54, 1.807) is 0 Å². The number of hydrogen-bond acceptors (Lipinski definition) is 2. The van der Waals surface area contributed by atoms with Gasteiger partial charge >= 0.3 is 159 Å². The summed E-state index contributed by atoms with van der Waals surface area (Å²) in [7, 11) is 0. The molecule has 25 heavy (non-hydrogen) atoms. The molecule has 0 aliphatic rings. The van der Waals surface area contributed by atoms with Gasteiger partial charge in [-0.2, -0.15) is 0 Å². The molecule has 2 nitrogen and oxygen atoms in total. The summed E-state index contributed by atoms with van der Waals surface area (Å²) < 4.78 is 2.24. The summed E-state index contributed by atoms with van der Waals surface area (Å²) in [5, 5.41) is 2.46. The third kappa shape index (κ3) is 4.70. The predicted octanol–water partition coefficient (Wildman–Crippen LogP) is 2.67. The Labute approximate surface area is 185 Å². The van der Waals surface area contributed by atoms with E-state index in [1.807, 2.05) is 48.8 Å². The molecule has 5 heteroatoms. The molecule has 0 spiro atoms. The van der Waals surface area contributed by atoms with Crippen LogP contribution in [0.15, 0.2) is 60.9 Å². The van der Waals surface area contributed by atoms with Gasteiger partial charge in [0.25, 0.3) is 0 Å². The molecule has 4 rings (SSSR count). The van der Waals surface area contributed by atoms with Gasteiger partial charge in [0.2, 0.25) is 0 Å². The minimum atomic E-state index is 0. The van der Waals surface area contributed by atoms with Crippen molar-refractivity contribution in [2.75, 3.05) is 0 Å². The first kappa shape index (κ1) is 20.5. The second-order valence-electron chi connectivity index (χ2n) is 5.56. The average molecular weight is 643 g/mol. The Morgan fingerprint density at radius 2 is 1.04 bits per heavy atom. The minimum Gasteiger partial charge on any atom is 0 e. The van der Waals surface area contributed by atoms with Crippen LogP contribution in [0, 0.1) is 13.8 Å². The topological polar surface area (TPSA) is 25.8 Å². The number of para-hydroxylation sites is 2. The van der Waals surface area contributed by atoms with Crippen LogP contribution in [0.5, 0.6) is 0 Å². The summed E-state index contributed by atoms with van der Waals surface area (Å²) in [5.41, 5.74) is 4.68. The zero-order chi connectivity index (χ0) is 17.1. The van der Waals surface area contributed by atoms with E-state index in [0.717, 1.165) is 20.0 Å². The van der Waals surface area contributed by atoms with Gasteiger partial charge in [-0.1, -0.05) is 0 Å². The van der Waals surface area contributed by atoms with E-state index < -0.39 is 0 Å². The van der Waals surface area contributed by atoms with E-state index in [2.05, 4.69) is 68.0 Å². The third-order valence-corrected chi connectivity index (χ3v) is 5.29. The molecular formula is C20H16HgN2Se2. The quantitative estimate of drug-likeness (QED) is 0.276. The molecule has 0 amide bonds. The van der Waals surface area contributed by atoms with Crippen LogP contribution in [-0.2, 0) is 27.7 Å². The molecule has 0 bridgehead atoms. The maximum atomic E-state index is 4.31. The summed E-state index contributed by atoms with van der Waals surface area (Å²) in [4.78, 5) is 8.62. The molecule has 0 aliphatic carbocycles. The maximum absolute atomic E-state index is 4.31. The molecule has 0 saturated carbocycles. The standard InChI is InChI=1S/2C10H8NSe.Hg/c2*1-7-5-6-11-10-8(7)3-2-4-9(10)12;/h2*2-6H,1H3;. The Bertz CT molecular complexity index is 853. The van der Waals surface area contributed by atoms with Gasteiger partial charge in [-0.25, -0.2) is 0 Å². The van der Waals surface area contributed by atoms with Gasteiger partial charge in [-0.15, -0.1) is 0 Å². The van der Waals surface area contributed by atoms with Crippen LogP contribution >= 0.6 is 0 Å². The van der Waals surface area contributed by atoms with Gasteiger partial charge in [0, 0.05) is 27.7 Å². The Kier molecular flexibility index (Phi) is 7.60. The number of nitrogens with zero attached hydrogens (tertiary/aromatic N) is 2. The Balaban J connectivity index is 0.000000173. The number of pyridine rings is 2. The fraction of sp³-hybridized carbons (Fsp3) is 0.100. The second-order valence-corrected chi connectivity index (χ2v) is 7.41. The molecule has 2 aromatic carbocycles. The second kappa shape index (κ2) is 9.25. The fourth-order valence-electron chi connectivity index (χ4n) is 2.57. The summed E-state index contributed by atoms with van der Waals surface area (Å²) in [6.07, 6.45) is 3.69. The van der Waals surface area contributed by atoms with E-state index in [9.17, 15) is 0 Å². The van der Waals surface area contributed by atoms with Gasteiger partial charge < -0.3 is 0 Å². The number of aryl methyl sites for hydroxylation is 2. The van der Waals surface area contributed by atoms with Crippen LogP contribution in [0.4, 0.5) is 0 Å². The summed E-state index contributed by atoms with van der Waals surface area (Å²) in [6, 6.07) is 16.4. The van der Waals surface area contributed by atoms with Crippen molar-refractivity contribution in [1.82, 2.24) is 9.97 Å². The van der Waals surface area contributed by atoms with E-state index >= 15 is 0 Å². The first-order chi connectivity index (χ1) is 11.6. The molecule has 2 aromatic heterocycles. The monoisotopic (exact) mass is 646 g/mol. The van der Waals surface area contributed by atoms with Gasteiger partial charge in [0.1, 0.15) is 0 Å². The number of hydrogen-bond donors (Lipinski definition) is 0. The van der Waals surface area contributed by atoms with Gasteiger partial charge in [-0.3, -0.25) is 0 Å². The third-order valence-electron chi connectivity index (χ3n) is 3.90. The largest absolute Gasteiger partial charge is 0 e. The van der Waals surface area contributed by atoms with Crippen LogP contribution in [-0.4, -0.2) is 42.0 Å². The molecule has 2 radical (unpaired) electrons. The molecule has 4 aromatic rings. The summed E-state index contributed by atoms with van der Waals surface area (Å²) in [6.45, 7) is 4.20. The van der Waals surface area contributed by atoms with Crippen LogP contribution in [0.1, 0.15) is 11.1 Å². The van der Waals surface area contributed by atoms with Crippen molar-refractivity contribution in [3.8, 4) is 0 Å². The van der Waals surface area contributed by atoms with Crippen molar-refractivity contribution < 1.29 is 27.7 Å². The van der Waals surface area contributed by atoms with E-state index in [0.29, 0.717) is 0 Å². The first-order valence-corrected chi connectivity index (χ1v) is 9.32. The van der Waals surface area contributed by atoms with Crippen LogP contribution < -0.4 is 8.92 Å². The molecule has 2 heterocycles. The molecule has 0 aliphatic heterocycles. The van der Waals surface area contributed by atoms with Crippen LogP contribution in [0.3, 0.4) is 0 Å². The smallest absolute Gasteiger partial charge is 0 e.